The number of carbonyl (C=O) groups excluding carboxylic acids is 1. The summed E-state index contributed by atoms with van der Waals surface area (Å²) in [6.45, 7) is 0.320. The zero-order chi connectivity index (χ0) is 18.2. The van der Waals surface area contributed by atoms with Crippen molar-refractivity contribution in [3.05, 3.63) is 51.4 Å². The predicted molar refractivity (Wildman–Crippen MR) is 86.5 cm³/mol. The van der Waals surface area contributed by atoms with Gasteiger partial charge in [-0.15, -0.1) is 0 Å². The molecule has 0 aliphatic carbocycles. The highest BCUT2D eigenvalue weighted by Crippen LogP contribution is 2.32. The second-order valence-corrected chi connectivity index (χ2v) is 6.40. The molecule has 1 aliphatic heterocycles. The topological polar surface area (TPSA) is 90.0 Å². The van der Waals surface area contributed by atoms with Crippen molar-refractivity contribution in [2.45, 2.75) is 24.4 Å². The minimum Gasteiger partial charge on any atom is -0.326 e. The number of nitrogens with one attached hydrogen (secondary N) is 1. The molecule has 1 aliphatic rings. The van der Waals surface area contributed by atoms with Gasteiger partial charge in [0.25, 0.3) is 11.5 Å². The van der Waals surface area contributed by atoms with E-state index in [1.807, 2.05) is 0 Å². The number of benzene rings is 1. The van der Waals surface area contributed by atoms with Gasteiger partial charge in [-0.05, 0) is 23.8 Å². The van der Waals surface area contributed by atoms with Gasteiger partial charge in [0.15, 0.2) is 5.16 Å². The van der Waals surface area contributed by atoms with Crippen LogP contribution in [0.2, 0.25) is 0 Å². The SMILES string of the molecule is NCc1cc(NC(=O)c2cnc3n(c2=O)CCS3)cc(C(F)(F)F)c1. The maximum absolute atomic E-state index is 12.9. The first-order chi connectivity index (χ1) is 11.8. The Bertz CT molecular complexity index is 895. The van der Waals surface area contributed by atoms with Crippen LogP contribution in [0.25, 0.3) is 0 Å². The fourth-order valence-electron chi connectivity index (χ4n) is 2.42. The highest BCUT2D eigenvalue weighted by atomic mass is 32.2. The lowest BCUT2D eigenvalue weighted by Crippen LogP contribution is -2.29. The highest BCUT2D eigenvalue weighted by Gasteiger charge is 2.31. The Morgan fingerprint density at radius 2 is 2.12 bits per heavy atom. The zero-order valence-electron chi connectivity index (χ0n) is 12.8. The number of hydrogen-bond donors (Lipinski definition) is 2. The van der Waals surface area contributed by atoms with E-state index in [1.54, 1.807) is 0 Å². The van der Waals surface area contributed by atoms with Gasteiger partial charge in [0.1, 0.15) is 5.56 Å². The number of rotatable bonds is 3. The zero-order valence-corrected chi connectivity index (χ0v) is 13.6. The summed E-state index contributed by atoms with van der Waals surface area (Å²) in [6.07, 6.45) is -3.43. The van der Waals surface area contributed by atoms with Crippen LogP contribution >= 0.6 is 11.8 Å². The van der Waals surface area contributed by atoms with Crippen molar-refractivity contribution in [2.75, 3.05) is 11.1 Å². The quantitative estimate of drug-likeness (QED) is 0.808. The van der Waals surface area contributed by atoms with Gasteiger partial charge < -0.3 is 11.1 Å². The first kappa shape index (κ1) is 17.5. The van der Waals surface area contributed by atoms with E-state index in [0.717, 1.165) is 18.3 Å². The second-order valence-electron chi connectivity index (χ2n) is 5.33. The maximum Gasteiger partial charge on any atom is 0.416 e. The molecule has 0 radical (unpaired) electrons. The van der Waals surface area contributed by atoms with E-state index in [9.17, 15) is 22.8 Å². The van der Waals surface area contributed by atoms with Crippen LogP contribution in [0.15, 0.2) is 34.3 Å². The van der Waals surface area contributed by atoms with Crippen LogP contribution in [0.3, 0.4) is 0 Å². The Morgan fingerprint density at radius 1 is 1.36 bits per heavy atom. The van der Waals surface area contributed by atoms with E-state index in [4.69, 9.17) is 5.73 Å². The summed E-state index contributed by atoms with van der Waals surface area (Å²) in [5.74, 6) is -0.132. The molecule has 1 aromatic carbocycles. The largest absolute Gasteiger partial charge is 0.416 e. The number of alkyl halides is 3. The Balaban J connectivity index is 1.93. The molecule has 3 rings (SSSR count). The van der Waals surface area contributed by atoms with Crippen molar-refractivity contribution < 1.29 is 18.0 Å². The van der Waals surface area contributed by atoms with Gasteiger partial charge in [-0.1, -0.05) is 11.8 Å². The standard InChI is InChI=1S/C15H13F3N4O2S/c16-15(17,18)9-3-8(6-19)4-10(5-9)21-12(23)11-7-20-14-22(13(11)24)1-2-25-14/h3-5,7H,1-2,6,19H2,(H,21,23). The van der Waals surface area contributed by atoms with Gasteiger partial charge in [0.05, 0.1) is 5.56 Å². The van der Waals surface area contributed by atoms with Crippen LogP contribution in [0.4, 0.5) is 18.9 Å². The van der Waals surface area contributed by atoms with Crippen LogP contribution in [0, 0.1) is 0 Å². The normalized spacial score (nSPS) is 13.6. The summed E-state index contributed by atoms with van der Waals surface area (Å²) >= 11 is 1.40. The average Bonchev–Trinajstić information content (AvgIpc) is 3.03. The third-order valence-electron chi connectivity index (χ3n) is 3.61. The molecule has 2 aromatic rings. The van der Waals surface area contributed by atoms with Crippen molar-refractivity contribution in [3.63, 3.8) is 0 Å². The lowest BCUT2D eigenvalue weighted by molar-refractivity contribution is -0.137. The minimum absolute atomic E-state index is 0.0838. The molecule has 3 N–H and O–H groups in total. The molecule has 0 spiro atoms. The predicted octanol–water partition coefficient (Wildman–Crippen LogP) is 2.08. The highest BCUT2D eigenvalue weighted by molar-refractivity contribution is 7.99. The van der Waals surface area contributed by atoms with Crippen LogP contribution in [-0.4, -0.2) is 21.2 Å². The fourth-order valence-corrected chi connectivity index (χ4v) is 3.33. The number of hydrogen-bond acceptors (Lipinski definition) is 5. The maximum atomic E-state index is 12.9. The third kappa shape index (κ3) is 3.54. The number of anilines is 1. The van der Waals surface area contributed by atoms with Crippen LogP contribution < -0.4 is 16.6 Å². The van der Waals surface area contributed by atoms with Gasteiger partial charge in [0.2, 0.25) is 0 Å². The lowest BCUT2D eigenvalue weighted by Gasteiger charge is -2.12. The number of aromatic nitrogens is 2. The molecule has 132 valence electrons. The van der Waals surface area contributed by atoms with E-state index >= 15 is 0 Å². The Kier molecular flexibility index (Phi) is 4.56. The average molecular weight is 370 g/mol. The van der Waals surface area contributed by atoms with Gasteiger partial charge in [0, 0.05) is 30.7 Å². The van der Waals surface area contributed by atoms with Gasteiger partial charge in [-0.25, -0.2) is 4.98 Å². The van der Waals surface area contributed by atoms with Gasteiger partial charge in [-0.3, -0.25) is 14.2 Å². The number of halogens is 3. The van der Waals surface area contributed by atoms with Crippen molar-refractivity contribution in [1.29, 1.82) is 0 Å². The summed E-state index contributed by atoms with van der Waals surface area (Å²) in [4.78, 5) is 28.6. The van der Waals surface area contributed by atoms with Gasteiger partial charge >= 0.3 is 6.18 Å². The number of fused-ring (bicyclic) bond motifs is 1. The summed E-state index contributed by atoms with van der Waals surface area (Å²) in [7, 11) is 0. The van der Waals surface area contributed by atoms with Crippen LogP contribution in [-0.2, 0) is 19.3 Å². The van der Waals surface area contributed by atoms with Crippen molar-refractivity contribution in [1.82, 2.24) is 9.55 Å². The van der Waals surface area contributed by atoms with Crippen LogP contribution in [0.1, 0.15) is 21.5 Å². The summed E-state index contributed by atoms with van der Waals surface area (Å²) in [5, 5.41) is 2.84. The molecule has 0 unspecified atom stereocenters. The first-order valence-corrected chi connectivity index (χ1v) is 8.23. The number of nitrogens with two attached hydrogens (primary N) is 1. The molecule has 1 amide bonds. The molecule has 0 bridgehead atoms. The molecule has 0 saturated heterocycles. The number of nitrogens with zero attached hydrogens (tertiary/aromatic N) is 2. The monoisotopic (exact) mass is 370 g/mol. The molecular weight excluding hydrogens is 357 g/mol. The molecular formula is C15H13F3N4O2S. The van der Waals surface area contributed by atoms with E-state index in [1.165, 1.54) is 22.4 Å². The Labute approximate surface area is 144 Å². The van der Waals surface area contributed by atoms with Crippen molar-refractivity contribution >= 4 is 23.4 Å². The van der Waals surface area contributed by atoms with Gasteiger partial charge in [-0.2, -0.15) is 13.2 Å². The van der Waals surface area contributed by atoms with Crippen molar-refractivity contribution in [3.8, 4) is 0 Å². The molecule has 0 atom stereocenters. The first-order valence-electron chi connectivity index (χ1n) is 7.25. The lowest BCUT2D eigenvalue weighted by atomic mass is 10.1. The molecule has 1 aromatic heterocycles. The molecule has 0 saturated carbocycles. The molecule has 10 heteroatoms. The smallest absolute Gasteiger partial charge is 0.326 e. The van der Waals surface area contributed by atoms with Crippen molar-refractivity contribution in [2.24, 2.45) is 5.73 Å². The number of carbonyl (C=O) groups is 1. The molecule has 2 heterocycles. The van der Waals surface area contributed by atoms with E-state index in [2.05, 4.69) is 10.3 Å². The summed E-state index contributed by atoms with van der Waals surface area (Å²) < 4.78 is 40.2. The van der Waals surface area contributed by atoms with E-state index < -0.39 is 23.2 Å². The number of amides is 1. The Morgan fingerprint density at radius 3 is 2.80 bits per heavy atom. The molecule has 6 nitrogen and oxygen atoms in total. The van der Waals surface area contributed by atoms with E-state index in [-0.39, 0.29) is 23.4 Å². The molecule has 25 heavy (non-hydrogen) atoms. The van der Waals surface area contributed by atoms with Crippen LogP contribution in [0.5, 0.6) is 0 Å². The fraction of sp³-hybridized carbons (Fsp3) is 0.267. The van der Waals surface area contributed by atoms with E-state index in [0.29, 0.717) is 17.5 Å². The third-order valence-corrected chi connectivity index (χ3v) is 4.59. The number of thioether (sulfide) groups is 1. The molecule has 0 fully saturated rings. The minimum atomic E-state index is -4.57. The Hall–Kier alpha value is -2.33. The summed E-state index contributed by atoms with van der Waals surface area (Å²) in [5.41, 5.74) is 3.88. The summed E-state index contributed by atoms with van der Waals surface area (Å²) in [6, 6.07) is 3.05. The second kappa shape index (κ2) is 6.52.